The monoisotopic (exact) mass is 473 g/mol. The molecule has 178 valence electrons. The van der Waals surface area contributed by atoms with E-state index in [9.17, 15) is 13.2 Å². The molecule has 8 nitrogen and oxygen atoms in total. The summed E-state index contributed by atoms with van der Waals surface area (Å²) in [4.78, 5) is 8.95. The van der Waals surface area contributed by atoms with E-state index in [0.717, 1.165) is 11.1 Å². The maximum atomic E-state index is 12.4. The lowest BCUT2D eigenvalue weighted by Gasteiger charge is -2.13. The Morgan fingerprint density at radius 3 is 2.35 bits per heavy atom. The highest BCUT2D eigenvalue weighted by molar-refractivity contribution is 5.81. The summed E-state index contributed by atoms with van der Waals surface area (Å²) in [6, 6.07) is 12.9. The lowest BCUT2D eigenvalue weighted by atomic mass is 10.2. The van der Waals surface area contributed by atoms with Gasteiger partial charge >= 0.3 is 6.36 Å². The fourth-order valence-corrected chi connectivity index (χ4v) is 3.50. The number of ether oxygens (including phenoxy) is 3. The second kappa shape index (κ2) is 9.38. The van der Waals surface area contributed by atoms with Crippen LogP contribution in [-0.2, 0) is 6.54 Å². The predicted molar refractivity (Wildman–Crippen MR) is 122 cm³/mol. The van der Waals surface area contributed by atoms with Gasteiger partial charge in [-0.3, -0.25) is 0 Å². The van der Waals surface area contributed by atoms with Crippen LogP contribution in [0.25, 0.3) is 11.0 Å². The fourth-order valence-electron chi connectivity index (χ4n) is 3.50. The standard InChI is InChI=1S/C23H22F3N5O3/c1-27-22-30-17-12-28-21(29-15-5-7-16(8-6-15)34-23(24,25)26)11-18(17)31(22)13-14-4-9-19(32-2)20(10-14)33-3/h4-12H,13H2,1-3H3,(H,27,30)(H,28,29). The van der Waals surface area contributed by atoms with E-state index in [1.54, 1.807) is 27.5 Å². The summed E-state index contributed by atoms with van der Waals surface area (Å²) in [5, 5.41) is 6.18. The molecule has 4 rings (SSSR count). The van der Waals surface area contributed by atoms with Crippen molar-refractivity contribution < 1.29 is 27.4 Å². The molecule has 0 saturated heterocycles. The van der Waals surface area contributed by atoms with Gasteiger partial charge in [-0.15, -0.1) is 13.2 Å². The minimum absolute atomic E-state index is 0.298. The summed E-state index contributed by atoms with van der Waals surface area (Å²) in [6.07, 6.45) is -3.11. The molecule has 11 heteroatoms. The third-order valence-corrected chi connectivity index (χ3v) is 5.01. The molecule has 0 saturated carbocycles. The van der Waals surface area contributed by atoms with E-state index in [4.69, 9.17) is 9.47 Å². The molecule has 0 amide bonds. The third kappa shape index (κ3) is 5.08. The van der Waals surface area contributed by atoms with Crippen LogP contribution in [0.15, 0.2) is 54.7 Å². The number of methoxy groups -OCH3 is 2. The molecule has 2 aromatic carbocycles. The van der Waals surface area contributed by atoms with E-state index >= 15 is 0 Å². The quantitative estimate of drug-likeness (QED) is 0.365. The number of nitrogens with one attached hydrogen (secondary N) is 2. The number of hydrogen-bond acceptors (Lipinski definition) is 7. The van der Waals surface area contributed by atoms with Crippen LogP contribution in [0.5, 0.6) is 17.2 Å². The molecule has 2 N–H and O–H groups in total. The Bertz CT molecular complexity index is 1290. The first-order chi connectivity index (χ1) is 16.3. The van der Waals surface area contributed by atoms with E-state index < -0.39 is 6.36 Å². The molecular formula is C23H22F3N5O3. The summed E-state index contributed by atoms with van der Waals surface area (Å²) in [6.45, 7) is 0.500. The molecule has 0 aliphatic rings. The van der Waals surface area contributed by atoms with Crippen molar-refractivity contribution in [2.24, 2.45) is 0 Å². The van der Waals surface area contributed by atoms with Crippen LogP contribution in [0.1, 0.15) is 5.56 Å². The third-order valence-electron chi connectivity index (χ3n) is 5.01. The highest BCUT2D eigenvalue weighted by atomic mass is 19.4. The Balaban J connectivity index is 1.61. The summed E-state index contributed by atoms with van der Waals surface area (Å²) in [5.41, 5.74) is 3.03. The van der Waals surface area contributed by atoms with Gasteiger partial charge in [0.2, 0.25) is 5.95 Å². The molecule has 4 aromatic rings. The van der Waals surface area contributed by atoms with E-state index in [-0.39, 0.29) is 5.75 Å². The van der Waals surface area contributed by atoms with Crippen LogP contribution in [0.2, 0.25) is 0 Å². The van der Waals surface area contributed by atoms with Gasteiger partial charge in [0, 0.05) is 18.8 Å². The summed E-state index contributed by atoms with van der Waals surface area (Å²) < 4.78 is 53.7. The number of rotatable bonds is 8. The molecule has 2 aromatic heterocycles. The first-order valence-electron chi connectivity index (χ1n) is 10.2. The van der Waals surface area contributed by atoms with Gasteiger partial charge in [-0.05, 0) is 42.0 Å². The van der Waals surface area contributed by atoms with E-state index in [1.807, 2.05) is 28.8 Å². The van der Waals surface area contributed by atoms with Gasteiger partial charge in [-0.1, -0.05) is 6.07 Å². The molecule has 0 unspecified atom stereocenters. The van der Waals surface area contributed by atoms with Gasteiger partial charge in [0.1, 0.15) is 17.1 Å². The van der Waals surface area contributed by atoms with Crippen molar-refractivity contribution >= 4 is 28.5 Å². The largest absolute Gasteiger partial charge is 0.573 e. The first kappa shape index (κ1) is 23.0. The Morgan fingerprint density at radius 1 is 0.971 bits per heavy atom. The molecule has 0 aliphatic carbocycles. The molecule has 0 radical (unpaired) electrons. The zero-order valence-corrected chi connectivity index (χ0v) is 18.6. The minimum Gasteiger partial charge on any atom is -0.493 e. The van der Waals surface area contributed by atoms with Crippen LogP contribution in [0, 0.1) is 0 Å². The van der Waals surface area contributed by atoms with Crippen LogP contribution in [0.3, 0.4) is 0 Å². The van der Waals surface area contributed by atoms with E-state index in [0.29, 0.717) is 41.0 Å². The number of alkyl halides is 3. The van der Waals surface area contributed by atoms with Crippen molar-refractivity contribution in [3.8, 4) is 17.2 Å². The van der Waals surface area contributed by atoms with E-state index in [2.05, 4.69) is 25.3 Å². The zero-order valence-electron chi connectivity index (χ0n) is 18.6. The van der Waals surface area contributed by atoms with Crippen molar-refractivity contribution in [3.05, 3.63) is 60.3 Å². The average molecular weight is 473 g/mol. The molecular weight excluding hydrogens is 451 g/mol. The van der Waals surface area contributed by atoms with Crippen molar-refractivity contribution in [2.75, 3.05) is 31.9 Å². The average Bonchev–Trinajstić information content (AvgIpc) is 3.16. The number of fused-ring (bicyclic) bond motifs is 1. The Kier molecular flexibility index (Phi) is 6.35. The smallest absolute Gasteiger partial charge is 0.493 e. The van der Waals surface area contributed by atoms with Crippen molar-refractivity contribution in [1.29, 1.82) is 0 Å². The van der Waals surface area contributed by atoms with Crippen molar-refractivity contribution in [1.82, 2.24) is 14.5 Å². The summed E-state index contributed by atoms with van der Waals surface area (Å²) in [7, 11) is 4.95. The number of aromatic nitrogens is 3. The first-order valence-corrected chi connectivity index (χ1v) is 10.2. The molecule has 0 atom stereocenters. The molecule has 0 aliphatic heterocycles. The lowest BCUT2D eigenvalue weighted by molar-refractivity contribution is -0.274. The Morgan fingerprint density at radius 2 is 1.71 bits per heavy atom. The molecule has 0 fully saturated rings. The van der Waals surface area contributed by atoms with Crippen molar-refractivity contribution in [3.63, 3.8) is 0 Å². The lowest BCUT2D eigenvalue weighted by Crippen LogP contribution is -2.16. The number of anilines is 3. The maximum absolute atomic E-state index is 12.4. The van der Waals surface area contributed by atoms with Crippen LogP contribution < -0.4 is 24.8 Å². The highest BCUT2D eigenvalue weighted by Crippen LogP contribution is 2.30. The normalized spacial score (nSPS) is 11.4. The fraction of sp³-hybridized carbons (Fsp3) is 0.217. The number of benzene rings is 2. The molecule has 34 heavy (non-hydrogen) atoms. The van der Waals surface area contributed by atoms with Gasteiger partial charge in [-0.2, -0.15) is 0 Å². The molecule has 2 heterocycles. The van der Waals surface area contributed by atoms with E-state index in [1.165, 1.54) is 24.3 Å². The SMILES string of the molecule is CNc1nc2cnc(Nc3ccc(OC(F)(F)F)cc3)cc2n1Cc1ccc(OC)c(OC)c1. The second-order valence-electron chi connectivity index (χ2n) is 7.22. The number of hydrogen-bond donors (Lipinski definition) is 2. The minimum atomic E-state index is -4.74. The Labute approximate surface area is 193 Å². The van der Waals surface area contributed by atoms with Gasteiger partial charge in [0.05, 0.1) is 32.5 Å². The number of halogens is 3. The van der Waals surface area contributed by atoms with Crippen LogP contribution in [0.4, 0.5) is 30.6 Å². The predicted octanol–water partition coefficient (Wildman–Crippen LogP) is 5.18. The van der Waals surface area contributed by atoms with Crippen LogP contribution in [-0.4, -0.2) is 42.2 Å². The van der Waals surface area contributed by atoms with Gasteiger partial charge < -0.3 is 29.4 Å². The topological polar surface area (TPSA) is 82.5 Å². The second-order valence-corrected chi connectivity index (χ2v) is 7.22. The van der Waals surface area contributed by atoms with Gasteiger partial charge in [0.25, 0.3) is 0 Å². The number of pyridine rings is 1. The molecule has 0 bridgehead atoms. The highest BCUT2D eigenvalue weighted by Gasteiger charge is 2.30. The maximum Gasteiger partial charge on any atom is 0.573 e. The van der Waals surface area contributed by atoms with Gasteiger partial charge in [-0.25, -0.2) is 9.97 Å². The van der Waals surface area contributed by atoms with Crippen molar-refractivity contribution in [2.45, 2.75) is 12.9 Å². The molecule has 0 spiro atoms. The summed E-state index contributed by atoms with van der Waals surface area (Å²) >= 11 is 0. The van der Waals surface area contributed by atoms with Gasteiger partial charge in [0.15, 0.2) is 11.5 Å². The number of imidazole rings is 1. The zero-order chi connectivity index (χ0) is 24.3. The number of nitrogens with zero attached hydrogens (tertiary/aromatic N) is 3. The van der Waals surface area contributed by atoms with Crippen LogP contribution >= 0.6 is 0 Å². The summed E-state index contributed by atoms with van der Waals surface area (Å²) in [5.74, 6) is 2.12. The Hall–Kier alpha value is -4.15.